The highest BCUT2D eigenvalue weighted by atomic mass is 16.3. The summed E-state index contributed by atoms with van der Waals surface area (Å²) in [6.45, 7) is 0. The standard InChI is InChI=1S/C8H12N2O2/c9-7(11)5-3-1-2-4-6(5)8(10)12/h1-4,7-8,11-12H,9-10H2. The van der Waals surface area contributed by atoms with Gasteiger partial charge < -0.3 is 21.7 Å². The number of aliphatic hydroxyl groups is 2. The summed E-state index contributed by atoms with van der Waals surface area (Å²) in [6, 6.07) is 6.68. The summed E-state index contributed by atoms with van der Waals surface area (Å²) in [4.78, 5) is 0. The third-order valence-electron chi connectivity index (χ3n) is 1.63. The van der Waals surface area contributed by atoms with Crippen molar-refractivity contribution in [3.8, 4) is 0 Å². The summed E-state index contributed by atoms with van der Waals surface area (Å²) >= 11 is 0. The number of benzene rings is 1. The molecule has 0 amide bonds. The monoisotopic (exact) mass is 168 g/mol. The molecule has 0 saturated carbocycles. The molecule has 1 aromatic carbocycles. The van der Waals surface area contributed by atoms with Crippen LogP contribution < -0.4 is 11.5 Å². The van der Waals surface area contributed by atoms with Gasteiger partial charge in [0.15, 0.2) is 0 Å². The quantitative estimate of drug-likeness (QED) is 0.451. The summed E-state index contributed by atoms with van der Waals surface area (Å²) in [6.07, 6.45) is -2.20. The van der Waals surface area contributed by atoms with Crippen LogP contribution in [0.4, 0.5) is 0 Å². The lowest BCUT2D eigenvalue weighted by atomic mass is 10.1. The molecule has 0 saturated heterocycles. The third kappa shape index (κ3) is 1.80. The molecule has 4 heteroatoms. The molecule has 0 aromatic heterocycles. The molecule has 4 nitrogen and oxygen atoms in total. The average molecular weight is 168 g/mol. The van der Waals surface area contributed by atoms with Crippen LogP contribution in [0.15, 0.2) is 24.3 Å². The maximum Gasteiger partial charge on any atom is 0.129 e. The molecular formula is C8H12N2O2. The lowest BCUT2D eigenvalue weighted by Gasteiger charge is -2.13. The van der Waals surface area contributed by atoms with Crippen LogP contribution in [0, 0.1) is 0 Å². The van der Waals surface area contributed by atoms with E-state index in [2.05, 4.69) is 0 Å². The normalized spacial score (nSPS) is 15.7. The van der Waals surface area contributed by atoms with E-state index in [1.54, 1.807) is 24.3 Å². The smallest absolute Gasteiger partial charge is 0.129 e. The van der Waals surface area contributed by atoms with Gasteiger partial charge in [-0.05, 0) is 0 Å². The largest absolute Gasteiger partial charge is 0.375 e. The highest BCUT2D eigenvalue weighted by molar-refractivity contribution is 5.29. The average Bonchev–Trinajstić information content (AvgIpc) is 2.04. The molecule has 1 aromatic rings. The summed E-state index contributed by atoms with van der Waals surface area (Å²) in [5.74, 6) is 0. The molecule has 0 radical (unpaired) electrons. The minimum absolute atomic E-state index is 0.451. The molecule has 2 atom stereocenters. The van der Waals surface area contributed by atoms with Crippen molar-refractivity contribution in [3.05, 3.63) is 35.4 Å². The number of hydrogen-bond acceptors (Lipinski definition) is 4. The van der Waals surface area contributed by atoms with E-state index in [0.717, 1.165) is 0 Å². The maximum absolute atomic E-state index is 9.06. The van der Waals surface area contributed by atoms with E-state index < -0.39 is 12.5 Å². The van der Waals surface area contributed by atoms with E-state index in [1.807, 2.05) is 0 Å². The molecule has 1 rings (SSSR count). The molecule has 0 aliphatic rings. The van der Waals surface area contributed by atoms with Gasteiger partial charge in [-0.3, -0.25) is 0 Å². The Balaban J connectivity index is 3.09. The van der Waals surface area contributed by atoms with Crippen LogP contribution in [0.25, 0.3) is 0 Å². The van der Waals surface area contributed by atoms with Gasteiger partial charge in [0.2, 0.25) is 0 Å². The topological polar surface area (TPSA) is 92.5 Å². The lowest BCUT2D eigenvalue weighted by molar-refractivity contribution is 0.162. The van der Waals surface area contributed by atoms with Gasteiger partial charge in [-0.2, -0.15) is 0 Å². The zero-order chi connectivity index (χ0) is 9.14. The zero-order valence-electron chi connectivity index (χ0n) is 6.51. The Morgan fingerprint density at radius 2 is 1.25 bits per heavy atom. The summed E-state index contributed by atoms with van der Waals surface area (Å²) < 4.78 is 0. The first-order valence-electron chi connectivity index (χ1n) is 3.59. The maximum atomic E-state index is 9.06. The lowest BCUT2D eigenvalue weighted by Crippen LogP contribution is -2.17. The highest BCUT2D eigenvalue weighted by Gasteiger charge is 2.10. The van der Waals surface area contributed by atoms with Gasteiger partial charge in [-0.1, -0.05) is 24.3 Å². The number of rotatable bonds is 2. The van der Waals surface area contributed by atoms with Crippen molar-refractivity contribution in [2.75, 3.05) is 0 Å². The van der Waals surface area contributed by atoms with Gasteiger partial charge in [-0.25, -0.2) is 0 Å². The number of aliphatic hydroxyl groups excluding tert-OH is 2. The third-order valence-corrected chi connectivity index (χ3v) is 1.63. The molecule has 0 aliphatic heterocycles. The van der Waals surface area contributed by atoms with Crippen LogP contribution in [-0.2, 0) is 0 Å². The van der Waals surface area contributed by atoms with Crippen molar-refractivity contribution in [3.63, 3.8) is 0 Å². The molecule has 2 unspecified atom stereocenters. The van der Waals surface area contributed by atoms with Crippen molar-refractivity contribution in [2.24, 2.45) is 11.5 Å². The van der Waals surface area contributed by atoms with Crippen LogP contribution >= 0.6 is 0 Å². The summed E-state index contributed by atoms with van der Waals surface area (Å²) in [7, 11) is 0. The van der Waals surface area contributed by atoms with Crippen molar-refractivity contribution >= 4 is 0 Å². The highest BCUT2D eigenvalue weighted by Crippen LogP contribution is 2.17. The minimum Gasteiger partial charge on any atom is -0.375 e. The second-order valence-electron chi connectivity index (χ2n) is 2.52. The molecule has 0 spiro atoms. The minimum atomic E-state index is -1.10. The molecule has 12 heavy (non-hydrogen) atoms. The molecular weight excluding hydrogens is 156 g/mol. The van der Waals surface area contributed by atoms with E-state index in [1.165, 1.54) is 0 Å². The second kappa shape index (κ2) is 3.64. The fraction of sp³-hybridized carbons (Fsp3) is 0.250. The first kappa shape index (κ1) is 9.15. The zero-order valence-corrected chi connectivity index (χ0v) is 6.51. The number of hydrogen-bond donors (Lipinski definition) is 4. The Labute approximate surface area is 70.4 Å². The van der Waals surface area contributed by atoms with Crippen LogP contribution in [0.2, 0.25) is 0 Å². The second-order valence-corrected chi connectivity index (χ2v) is 2.52. The van der Waals surface area contributed by atoms with E-state index in [0.29, 0.717) is 11.1 Å². The molecule has 6 N–H and O–H groups in total. The SMILES string of the molecule is NC(O)c1ccccc1C(N)O. The molecule has 66 valence electrons. The predicted octanol–water partition coefficient (Wildman–Crippen LogP) is -0.414. The molecule has 0 aliphatic carbocycles. The van der Waals surface area contributed by atoms with Gasteiger partial charge in [-0.15, -0.1) is 0 Å². The molecule has 0 fully saturated rings. The van der Waals surface area contributed by atoms with Crippen LogP contribution in [0.3, 0.4) is 0 Å². The van der Waals surface area contributed by atoms with Gasteiger partial charge in [0.1, 0.15) is 12.5 Å². The van der Waals surface area contributed by atoms with Crippen LogP contribution in [0.1, 0.15) is 23.6 Å². The number of nitrogens with two attached hydrogens (primary N) is 2. The Morgan fingerprint density at radius 3 is 1.50 bits per heavy atom. The van der Waals surface area contributed by atoms with Crippen molar-refractivity contribution in [2.45, 2.75) is 12.5 Å². The van der Waals surface area contributed by atoms with Crippen LogP contribution in [0.5, 0.6) is 0 Å². The van der Waals surface area contributed by atoms with E-state index in [4.69, 9.17) is 21.7 Å². The summed E-state index contributed by atoms with van der Waals surface area (Å²) in [5, 5.41) is 18.1. The first-order chi connectivity index (χ1) is 5.63. The fourth-order valence-electron chi connectivity index (χ4n) is 1.05. The predicted molar refractivity (Wildman–Crippen MR) is 44.7 cm³/mol. The van der Waals surface area contributed by atoms with Gasteiger partial charge in [0, 0.05) is 11.1 Å². The van der Waals surface area contributed by atoms with Crippen LogP contribution in [-0.4, -0.2) is 10.2 Å². The first-order valence-corrected chi connectivity index (χ1v) is 3.59. The fourth-order valence-corrected chi connectivity index (χ4v) is 1.05. The van der Waals surface area contributed by atoms with Crippen molar-refractivity contribution in [1.82, 2.24) is 0 Å². The van der Waals surface area contributed by atoms with E-state index in [9.17, 15) is 0 Å². The Kier molecular flexibility index (Phi) is 2.78. The Bertz CT molecular complexity index is 234. The molecule has 0 heterocycles. The van der Waals surface area contributed by atoms with Gasteiger partial charge in [0.25, 0.3) is 0 Å². The van der Waals surface area contributed by atoms with Crippen molar-refractivity contribution < 1.29 is 10.2 Å². The molecule has 0 bridgehead atoms. The summed E-state index contributed by atoms with van der Waals surface area (Å²) in [5.41, 5.74) is 11.4. The Morgan fingerprint density at radius 1 is 0.917 bits per heavy atom. The van der Waals surface area contributed by atoms with Gasteiger partial charge in [0.05, 0.1) is 0 Å². The van der Waals surface area contributed by atoms with Crippen molar-refractivity contribution in [1.29, 1.82) is 0 Å². The Hall–Kier alpha value is -0.940. The van der Waals surface area contributed by atoms with Gasteiger partial charge >= 0.3 is 0 Å². The van der Waals surface area contributed by atoms with E-state index >= 15 is 0 Å². The van der Waals surface area contributed by atoms with E-state index in [-0.39, 0.29) is 0 Å².